The number of anilines is 1. The molecule has 1 heterocycles. The first kappa shape index (κ1) is 24.5. The highest BCUT2D eigenvalue weighted by atomic mass is 35.5. The summed E-state index contributed by atoms with van der Waals surface area (Å²) >= 11 is 12.1. The fraction of sp³-hybridized carbons (Fsp3) is 0.273. The highest BCUT2D eigenvalue weighted by Gasteiger charge is 2.52. The lowest BCUT2D eigenvalue weighted by atomic mass is 9.87. The van der Waals surface area contributed by atoms with Crippen molar-refractivity contribution in [3.05, 3.63) is 64.1 Å². The van der Waals surface area contributed by atoms with Crippen molar-refractivity contribution < 1.29 is 19.2 Å². The molecule has 1 atom stereocenters. The quantitative estimate of drug-likeness (QED) is 0.491. The first-order chi connectivity index (χ1) is 15.7. The molecule has 2 aromatic carbocycles. The van der Waals surface area contributed by atoms with Crippen molar-refractivity contribution in [2.75, 3.05) is 25.5 Å². The number of hydrogen-bond donors (Lipinski definition) is 3. The summed E-state index contributed by atoms with van der Waals surface area (Å²) in [6, 6.07) is 12.9. The van der Waals surface area contributed by atoms with E-state index in [4.69, 9.17) is 23.2 Å². The van der Waals surface area contributed by atoms with Gasteiger partial charge in [0.1, 0.15) is 5.54 Å². The average molecular weight is 492 g/mol. The molecule has 174 valence electrons. The Morgan fingerprint density at radius 2 is 1.61 bits per heavy atom. The maximum absolute atomic E-state index is 13.1. The minimum Gasteiger partial charge on any atom is -0.322 e. The third kappa shape index (κ3) is 5.27. The van der Waals surface area contributed by atoms with Crippen LogP contribution >= 0.6 is 23.2 Å². The molecule has 1 aliphatic rings. The van der Waals surface area contributed by atoms with Crippen LogP contribution in [0.4, 0.5) is 10.5 Å². The predicted molar refractivity (Wildman–Crippen MR) is 125 cm³/mol. The van der Waals surface area contributed by atoms with E-state index in [1.165, 1.54) is 4.90 Å². The molecular formula is C22H23Cl2N5O4. The molecule has 2 aromatic rings. The summed E-state index contributed by atoms with van der Waals surface area (Å²) in [5, 5.41) is 6.53. The number of carbonyl (C=O) groups is 4. The largest absolute Gasteiger partial charge is 0.344 e. The van der Waals surface area contributed by atoms with Gasteiger partial charge in [0.2, 0.25) is 5.91 Å². The van der Waals surface area contributed by atoms with E-state index in [1.54, 1.807) is 62.5 Å². The molecule has 0 saturated carbocycles. The first-order valence-electron chi connectivity index (χ1n) is 10.1. The highest BCUT2D eigenvalue weighted by Crippen LogP contribution is 2.31. The Kier molecular flexibility index (Phi) is 7.57. The molecule has 33 heavy (non-hydrogen) atoms. The molecule has 11 heteroatoms. The number of para-hydroxylation sites is 1. The lowest BCUT2D eigenvalue weighted by Crippen LogP contribution is -2.51. The van der Waals surface area contributed by atoms with E-state index in [9.17, 15) is 19.2 Å². The highest BCUT2D eigenvalue weighted by molar-refractivity contribution is 6.39. The van der Waals surface area contributed by atoms with Crippen molar-refractivity contribution in [3.63, 3.8) is 0 Å². The molecule has 0 spiro atoms. The number of likely N-dealkylation sites (N-methyl/N-ethyl adjacent to an activating group) is 1. The van der Waals surface area contributed by atoms with Crippen LogP contribution in [0.5, 0.6) is 0 Å². The first-order valence-corrected chi connectivity index (χ1v) is 10.9. The number of urea groups is 1. The number of imide groups is 1. The molecule has 0 bridgehead atoms. The molecule has 5 amide bonds. The molecule has 3 rings (SSSR count). The van der Waals surface area contributed by atoms with Crippen LogP contribution in [-0.4, -0.2) is 53.8 Å². The van der Waals surface area contributed by atoms with Crippen molar-refractivity contribution in [3.8, 4) is 0 Å². The molecular weight excluding hydrogens is 469 g/mol. The number of carbonyl (C=O) groups excluding carboxylic acids is 4. The van der Waals surface area contributed by atoms with Gasteiger partial charge in [-0.05, 0) is 31.2 Å². The van der Waals surface area contributed by atoms with E-state index in [1.807, 2.05) is 0 Å². The van der Waals surface area contributed by atoms with Crippen LogP contribution in [0.15, 0.2) is 48.5 Å². The summed E-state index contributed by atoms with van der Waals surface area (Å²) in [5.74, 6) is -1.66. The SMILES string of the molecule is CCC1(c2ccccc2)NC(=O)N(NC(=O)CN(C)CC(=O)Nc2c(Cl)cccc2Cl)C1=O. The standard InChI is InChI=1S/C22H23Cl2N5O4/c1-3-22(14-8-5-4-6-9-14)20(32)29(21(33)26-22)27-18(31)13-28(2)12-17(30)25-19-15(23)10-7-11-16(19)24/h4-11H,3,12-13H2,1-2H3,(H,25,30)(H,26,33)(H,27,31). The third-order valence-corrected chi connectivity index (χ3v) is 5.81. The summed E-state index contributed by atoms with van der Waals surface area (Å²) < 4.78 is 0. The number of hydrogen-bond acceptors (Lipinski definition) is 5. The monoisotopic (exact) mass is 491 g/mol. The van der Waals surface area contributed by atoms with E-state index < -0.39 is 29.3 Å². The van der Waals surface area contributed by atoms with Crippen LogP contribution in [0.3, 0.4) is 0 Å². The smallest absolute Gasteiger partial charge is 0.322 e. The second-order valence-corrected chi connectivity index (χ2v) is 8.36. The van der Waals surface area contributed by atoms with E-state index >= 15 is 0 Å². The second kappa shape index (κ2) is 10.2. The van der Waals surface area contributed by atoms with Gasteiger partial charge in [-0.3, -0.25) is 24.7 Å². The predicted octanol–water partition coefficient (Wildman–Crippen LogP) is 2.75. The molecule has 9 nitrogen and oxygen atoms in total. The van der Waals surface area contributed by atoms with Gasteiger partial charge in [-0.1, -0.05) is 66.5 Å². The fourth-order valence-electron chi connectivity index (χ4n) is 3.54. The summed E-state index contributed by atoms with van der Waals surface area (Å²) in [7, 11) is 1.54. The zero-order valence-electron chi connectivity index (χ0n) is 18.0. The number of halogens is 2. The summed E-state index contributed by atoms with van der Waals surface area (Å²) in [5.41, 5.74) is 1.97. The van der Waals surface area contributed by atoms with Crippen molar-refractivity contribution in [2.24, 2.45) is 0 Å². The Hall–Kier alpha value is -3.14. The Balaban J connectivity index is 1.59. The average Bonchev–Trinajstić information content (AvgIpc) is 3.02. The van der Waals surface area contributed by atoms with Gasteiger partial charge in [-0.2, -0.15) is 5.01 Å². The van der Waals surface area contributed by atoms with Crippen LogP contribution in [0.25, 0.3) is 0 Å². The molecule has 0 radical (unpaired) electrons. The summed E-state index contributed by atoms with van der Waals surface area (Å²) in [4.78, 5) is 51.7. The van der Waals surface area contributed by atoms with E-state index in [0.717, 1.165) is 0 Å². The molecule has 3 N–H and O–H groups in total. The number of benzene rings is 2. The van der Waals surface area contributed by atoms with Gasteiger partial charge in [0.05, 0.1) is 28.8 Å². The Morgan fingerprint density at radius 1 is 1.00 bits per heavy atom. The molecule has 0 aromatic heterocycles. The summed E-state index contributed by atoms with van der Waals surface area (Å²) in [6.07, 6.45) is 0.304. The molecule has 0 aliphatic carbocycles. The van der Waals surface area contributed by atoms with Gasteiger partial charge in [-0.25, -0.2) is 4.79 Å². The van der Waals surface area contributed by atoms with E-state index in [-0.39, 0.29) is 28.8 Å². The number of rotatable bonds is 8. The Bertz CT molecular complexity index is 1060. The van der Waals surface area contributed by atoms with E-state index in [0.29, 0.717) is 17.0 Å². The van der Waals surface area contributed by atoms with Gasteiger partial charge in [0, 0.05) is 0 Å². The van der Waals surface area contributed by atoms with E-state index in [2.05, 4.69) is 16.1 Å². The van der Waals surface area contributed by atoms with Gasteiger partial charge < -0.3 is 10.6 Å². The summed E-state index contributed by atoms with van der Waals surface area (Å²) in [6.45, 7) is 1.37. The Morgan fingerprint density at radius 3 is 2.21 bits per heavy atom. The lowest BCUT2D eigenvalue weighted by Gasteiger charge is -2.25. The number of hydrazine groups is 1. The van der Waals surface area contributed by atoms with Gasteiger partial charge in [0.15, 0.2) is 0 Å². The maximum atomic E-state index is 13.1. The number of nitrogens with zero attached hydrogens (tertiary/aromatic N) is 2. The van der Waals surface area contributed by atoms with Crippen LogP contribution in [0.2, 0.25) is 10.0 Å². The van der Waals surface area contributed by atoms with Gasteiger partial charge in [0.25, 0.3) is 11.8 Å². The lowest BCUT2D eigenvalue weighted by molar-refractivity contribution is -0.140. The second-order valence-electron chi connectivity index (χ2n) is 7.55. The van der Waals surface area contributed by atoms with Gasteiger partial charge in [-0.15, -0.1) is 0 Å². The van der Waals surface area contributed by atoms with Crippen LogP contribution < -0.4 is 16.1 Å². The zero-order valence-corrected chi connectivity index (χ0v) is 19.5. The molecule has 1 unspecified atom stereocenters. The molecule has 1 fully saturated rings. The van der Waals surface area contributed by atoms with Crippen molar-refractivity contribution in [2.45, 2.75) is 18.9 Å². The number of nitrogens with one attached hydrogen (secondary N) is 3. The van der Waals surface area contributed by atoms with Gasteiger partial charge >= 0.3 is 6.03 Å². The normalized spacial score (nSPS) is 17.8. The topological polar surface area (TPSA) is 111 Å². The third-order valence-electron chi connectivity index (χ3n) is 5.18. The van der Waals surface area contributed by atoms with Crippen LogP contribution in [0.1, 0.15) is 18.9 Å². The van der Waals surface area contributed by atoms with Crippen molar-refractivity contribution in [1.82, 2.24) is 20.7 Å². The number of amides is 5. The fourth-order valence-corrected chi connectivity index (χ4v) is 4.03. The zero-order chi connectivity index (χ0) is 24.2. The maximum Gasteiger partial charge on any atom is 0.344 e. The van der Waals surface area contributed by atoms with Crippen molar-refractivity contribution >= 4 is 52.6 Å². The minimum absolute atomic E-state index is 0.155. The Labute approximate surface area is 201 Å². The van der Waals surface area contributed by atoms with Crippen LogP contribution in [-0.2, 0) is 19.9 Å². The van der Waals surface area contributed by atoms with Crippen molar-refractivity contribution in [1.29, 1.82) is 0 Å². The molecule has 1 saturated heterocycles. The minimum atomic E-state index is -1.26. The molecule has 1 aliphatic heterocycles. The van der Waals surface area contributed by atoms with Crippen LogP contribution in [0, 0.1) is 0 Å².